The fourth-order valence-corrected chi connectivity index (χ4v) is 1.38. The van der Waals surface area contributed by atoms with Crippen LogP contribution in [0, 0.1) is 6.92 Å². The van der Waals surface area contributed by atoms with Crippen LogP contribution < -0.4 is 5.56 Å². The van der Waals surface area contributed by atoms with Crippen LogP contribution in [0.4, 0.5) is 0 Å². The van der Waals surface area contributed by atoms with Gasteiger partial charge in [-0.1, -0.05) is 29.8 Å². The molecule has 3 heteroatoms. The molecule has 0 aliphatic carbocycles. The lowest BCUT2D eigenvalue weighted by Crippen LogP contribution is -2.18. The molecule has 1 aromatic heterocycles. The lowest BCUT2D eigenvalue weighted by atomic mass is 10.1. The lowest BCUT2D eigenvalue weighted by Gasteiger charge is -2.02. The standard InChI is InChI=1S/C12H12N2O/c1-9-3-5-10(6-4-9)11-7-8-12(15)14(2)13-11/h3-8H,1-2H3. The zero-order valence-corrected chi connectivity index (χ0v) is 8.77. The molecule has 0 amide bonds. The predicted octanol–water partition coefficient (Wildman–Crippen LogP) is 1.76. The van der Waals surface area contributed by atoms with Crippen molar-refractivity contribution >= 4 is 0 Å². The number of aromatic nitrogens is 2. The highest BCUT2D eigenvalue weighted by molar-refractivity contribution is 5.58. The summed E-state index contributed by atoms with van der Waals surface area (Å²) in [5.41, 5.74) is 2.96. The molecule has 0 spiro atoms. The largest absolute Gasteiger partial charge is 0.268 e. The van der Waals surface area contributed by atoms with Gasteiger partial charge in [0, 0.05) is 18.7 Å². The molecule has 1 aromatic carbocycles. The van der Waals surface area contributed by atoms with Gasteiger partial charge in [0.05, 0.1) is 5.69 Å². The molecule has 3 nitrogen and oxygen atoms in total. The van der Waals surface area contributed by atoms with Crippen molar-refractivity contribution in [3.63, 3.8) is 0 Å². The Labute approximate surface area is 88.0 Å². The van der Waals surface area contributed by atoms with Crippen molar-refractivity contribution in [3.8, 4) is 11.3 Å². The third-order valence-electron chi connectivity index (χ3n) is 2.31. The molecule has 1 heterocycles. The molecule has 0 aliphatic heterocycles. The fourth-order valence-electron chi connectivity index (χ4n) is 1.38. The van der Waals surface area contributed by atoms with Crippen molar-refractivity contribution in [2.24, 2.45) is 7.05 Å². The predicted molar refractivity (Wildman–Crippen MR) is 59.7 cm³/mol. The normalized spacial score (nSPS) is 10.3. The molecule has 0 aliphatic rings. The van der Waals surface area contributed by atoms with Gasteiger partial charge in [-0.2, -0.15) is 5.10 Å². The minimum atomic E-state index is -0.0918. The van der Waals surface area contributed by atoms with Crippen LogP contribution in [-0.2, 0) is 7.05 Å². The van der Waals surface area contributed by atoms with Gasteiger partial charge in [0.2, 0.25) is 0 Å². The van der Waals surface area contributed by atoms with Crippen molar-refractivity contribution in [1.29, 1.82) is 0 Å². The summed E-state index contributed by atoms with van der Waals surface area (Å²) in [6, 6.07) is 11.3. The Morgan fingerprint density at radius 2 is 1.73 bits per heavy atom. The van der Waals surface area contributed by atoms with Gasteiger partial charge in [0.25, 0.3) is 5.56 Å². The smallest absolute Gasteiger partial charge is 0.266 e. The molecule has 0 bridgehead atoms. The minimum Gasteiger partial charge on any atom is -0.268 e. The average Bonchev–Trinajstić information content (AvgIpc) is 2.23. The third-order valence-corrected chi connectivity index (χ3v) is 2.31. The highest BCUT2D eigenvalue weighted by atomic mass is 16.1. The van der Waals surface area contributed by atoms with Crippen molar-refractivity contribution in [2.75, 3.05) is 0 Å². The second kappa shape index (κ2) is 3.69. The summed E-state index contributed by atoms with van der Waals surface area (Å²) in [5, 5.41) is 4.18. The van der Waals surface area contributed by atoms with Gasteiger partial charge in [-0.3, -0.25) is 4.79 Å². The molecule has 0 fully saturated rings. The van der Waals surface area contributed by atoms with Crippen LogP contribution in [0.15, 0.2) is 41.2 Å². The van der Waals surface area contributed by atoms with E-state index in [1.54, 1.807) is 13.1 Å². The van der Waals surface area contributed by atoms with Crippen LogP contribution in [0.5, 0.6) is 0 Å². The van der Waals surface area contributed by atoms with Crippen molar-refractivity contribution < 1.29 is 0 Å². The number of aryl methyl sites for hydroxylation is 2. The summed E-state index contributed by atoms with van der Waals surface area (Å²) in [7, 11) is 1.65. The van der Waals surface area contributed by atoms with Crippen molar-refractivity contribution in [3.05, 3.63) is 52.3 Å². The maximum Gasteiger partial charge on any atom is 0.266 e. The number of hydrogen-bond donors (Lipinski definition) is 0. The first-order valence-electron chi connectivity index (χ1n) is 4.78. The maximum atomic E-state index is 11.2. The summed E-state index contributed by atoms with van der Waals surface area (Å²) in [6.45, 7) is 2.04. The Hall–Kier alpha value is -1.90. The lowest BCUT2D eigenvalue weighted by molar-refractivity contribution is 0.712. The SMILES string of the molecule is Cc1ccc(-c2ccc(=O)n(C)n2)cc1. The zero-order valence-electron chi connectivity index (χ0n) is 8.77. The van der Waals surface area contributed by atoms with Crippen LogP contribution in [0.25, 0.3) is 11.3 Å². The van der Waals surface area contributed by atoms with E-state index in [1.165, 1.54) is 16.3 Å². The first kappa shape index (κ1) is 9.65. The molecule has 0 unspecified atom stereocenters. The second-order valence-electron chi connectivity index (χ2n) is 3.55. The molecule has 0 N–H and O–H groups in total. The number of hydrogen-bond acceptors (Lipinski definition) is 2. The summed E-state index contributed by atoms with van der Waals surface area (Å²) < 4.78 is 1.34. The van der Waals surface area contributed by atoms with E-state index in [2.05, 4.69) is 5.10 Å². The van der Waals surface area contributed by atoms with Gasteiger partial charge in [0.15, 0.2) is 0 Å². The summed E-state index contributed by atoms with van der Waals surface area (Å²) in [5.74, 6) is 0. The van der Waals surface area contributed by atoms with Crippen molar-refractivity contribution in [2.45, 2.75) is 6.92 Å². The molecule has 0 saturated carbocycles. The fraction of sp³-hybridized carbons (Fsp3) is 0.167. The third kappa shape index (κ3) is 1.96. The molecule has 76 valence electrons. The molecule has 0 atom stereocenters. The van der Waals surface area contributed by atoms with E-state index in [0.29, 0.717) is 0 Å². The highest BCUT2D eigenvalue weighted by Crippen LogP contribution is 2.15. The molecule has 2 rings (SSSR count). The Kier molecular flexibility index (Phi) is 2.37. The topological polar surface area (TPSA) is 34.9 Å². The molecule has 15 heavy (non-hydrogen) atoms. The summed E-state index contributed by atoms with van der Waals surface area (Å²) in [4.78, 5) is 11.2. The van der Waals surface area contributed by atoms with Crippen LogP contribution in [0.3, 0.4) is 0 Å². The monoisotopic (exact) mass is 200 g/mol. The number of nitrogens with zero attached hydrogens (tertiary/aromatic N) is 2. The maximum absolute atomic E-state index is 11.2. The molecular weight excluding hydrogens is 188 g/mol. The van der Waals surface area contributed by atoms with E-state index < -0.39 is 0 Å². The molecule has 0 saturated heterocycles. The Balaban J connectivity index is 2.50. The second-order valence-corrected chi connectivity index (χ2v) is 3.55. The van der Waals surface area contributed by atoms with E-state index >= 15 is 0 Å². The summed E-state index contributed by atoms with van der Waals surface area (Å²) >= 11 is 0. The molecule has 2 aromatic rings. The van der Waals surface area contributed by atoms with Crippen LogP contribution in [0.2, 0.25) is 0 Å². The van der Waals surface area contributed by atoms with Gasteiger partial charge in [-0.15, -0.1) is 0 Å². The van der Waals surface area contributed by atoms with Crippen LogP contribution in [-0.4, -0.2) is 9.78 Å². The van der Waals surface area contributed by atoms with Crippen LogP contribution in [0.1, 0.15) is 5.56 Å². The van der Waals surface area contributed by atoms with Gasteiger partial charge < -0.3 is 0 Å². The van der Waals surface area contributed by atoms with Crippen molar-refractivity contribution in [1.82, 2.24) is 9.78 Å². The van der Waals surface area contributed by atoms with Gasteiger partial charge in [0.1, 0.15) is 0 Å². The Morgan fingerprint density at radius 3 is 2.33 bits per heavy atom. The zero-order chi connectivity index (χ0) is 10.8. The van der Waals surface area contributed by atoms with Gasteiger partial charge >= 0.3 is 0 Å². The highest BCUT2D eigenvalue weighted by Gasteiger charge is 1.99. The Bertz CT molecular complexity index is 526. The van der Waals surface area contributed by atoms with E-state index in [0.717, 1.165) is 11.3 Å². The van der Waals surface area contributed by atoms with E-state index in [9.17, 15) is 4.79 Å². The quantitative estimate of drug-likeness (QED) is 0.703. The van der Waals surface area contributed by atoms with Gasteiger partial charge in [-0.25, -0.2) is 4.68 Å². The molecular formula is C12H12N2O. The number of benzene rings is 1. The average molecular weight is 200 g/mol. The van der Waals surface area contributed by atoms with E-state index in [1.807, 2.05) is 31.2 Å². The minimum absolute atomic E-state index is 0.0918. The Morgan fingerprint density at radius 1 is 1.07 bits per heavy atom. The first-order valence-corrected chi connectivity index (χ1v) is 4.78. The first-order chi connectivity index (χ1) is 7.16. The molecule has 0 radical (unpaired) electrons. The van der Waals surface area contributed by atoms with E-state index in [4.69, 9.17) is 0 Å². The summed E-state index contributed by atoms with van der Waals surface area (Å²) in [6.07, 6.45) is 0. The number of rotatable bonds is 1. The van der Waals surface area contributed by atoms with Gasteiger partial charge in [-0.05, 0) is 13.0 Å². The van der Waals surface area contributed by atoms with Crippen LogP contribution >= 0.6 is 0 Å². The van der Waals surface area contributed by atoms with E-state index in [-0.39, 0.29) is 5.56 Å².